The Morgan fingerprint density at radius 3 is 2.41 bits per heavy atom. The Hall–Kier alpha value is -3.28. The molecule has 0 bridgehead atoms. The molecule has 0 fully saturated rings. The molecule has 0 aliphatic rings. The van der Waals surface area contributed by atoms with Crippen molar-refractivity contribution in [3.63, 3.8) is 0 Å². The van der Waals surface area contributed by atoms with Gasteiger partial charge in [0, 0.05) is 24.2 Å². The standard InChI is InChI=1S/C21H22N4O2/c1-14(2)27-21(26)19(17-5-7-22-8-6-17)12-25-13-23-20(24-25)18-10-15(3)9-16(4)11-18/h5-14H,1-4H3/b19-12-. The molecule has 3 rings (SSSR count). The molecule has 6 nitrogen and oxygen atoms in total. The minimum Gasteiger partial charge on any atom is -0.459 e. The first-order chi connectivity index (χ1) is 12.9. The van der Waals surface area contributed by atoms with Gasteiger partial charge in [0.05, 0.1) is 11.7 Å². The van der Waals surface area contributed by atoms with Crippen molar-refractivity contribution in [3.05, 3.63) is 65.7 Å². The normalized spacial score (nSPS) is 11.7. The molecule has 0 amide bonds. The van der Waals surface area contributed by atoms with Gasteiger partial charge in [-0.1, -0.05) is 17.2 Å². The zero-order valence-corrected chi connectivity index (χ0v) is 15.9. The first-order valence-electron chi connectivity index (χ1n) is 8.75. The number of benzene rings is 1. The number of aromatic nitrogens is 4. The van der Waals surface area contributed by atoms with Crippen LogP contribution in [0.15, 0.2) is 49.1 Å². The maximum atomic E-state index is 12.6. The molecule has 0 saturated carbocycles. The lowest BCUT2D eigenvalue weighted by atomic mass is 10.1. The Balaban J connectivity index is 1.98. The summed E-state index contributed by atoms with van der Waals surface area (Å²) < 4.78 is 6.90. The van der Waals surface area contributed by atoms with Gasteiger partial charge in [-0.25, -0.2) is 14.5 Å². The van der Waals surface area contributed by atoms with Crippen LogP contribution in [-0.4, -0.2) is 31.8 Å². The Bertz CT molecular complexity index is 955. The van der Waals surface area contributed by atoms with Gasteiger partial charge >= 0.3 is 5.97 Å². The van der Waals surface area contributed by atoms with Crippen molar-refractivity contribution in [1.29, 1.82) is 0 Å². The molecular weight excluding hydrogens is 340 g/mol. The number of carbonyl (C=O) groups excluding carboxylic acids is 1. The second-order valence-electron chi connectivity index (χ2n) is 6.66. The molecule has 0 aliphatic carbocycles. The highest BCUT2D eigenvalue weighted by atomic mass is 16.5. The van der Waals surface area contributed by atoms with Gasteiger partial charge < -0.3 is 4.74 Å². The molecule has 3 aromatic rings. The van der Waals surface area contributed by atoms with E-state index < -0.39 is 5.97 Å². The fourth-order valence-corrected chi connectivity index (χ4v) is 2.76. The van der Waals surface area contributed by atoms with Crippen LogP contribution in [0.3, 0.4) is 0 Å². The number of pyridine rings is 1. The Labute approximate surface area is 158 Å². The number of nitrogens with zero attached hydrogens (tertiary/aromatic N) is 4. The number of hydrogen-bond donors (Lipinski definition) is 0. The second kappa shape index (κ2) is 7.95. The first kappa shape index (κ1) is 18.5. The average Bonchev–Trinajstić information content (AvgIpc) is 3.08. The van der Waals surface area contributed by atoms with E-state index in [0.29, 0.717) is 17.0 Å². The van der Waals surface area contributed by atoms with Crippen LogP contribution in [0.5, 0.6) is 0 Å². The van der Waals surface area contributed by atoms with Gasteiger partial charge in [-0.15, -0.1) is 5.10 Å². The van der Waals surface area contributed by atoms with E-state index in [4.69, 9.17) is 4.74 Å². The number of esters is 1. The van der Waals surface area contributed by atoms with E-state index in [9.17, 15) is 4.79 Å². The fraction of sp³-hybridized carbons (Fsp3) is 0.238. The predicted octanol–water partition coefficient (Wildman–Crippen LogP) is 3.91. The topological polar surface area (TPSA) is 69.9 Å². The van der Waals surface area contributed by atoms with E-state index in [-0.39, 0.29) is 6.10 Å². The number of rotatable bonds is 5. The first-order valence-corrected chi connectivity index (χ1v) is 8.75. The zero-order valence-electron chi connectivity index (χ0n) is 15.9. The SMILES string of the molecule is Cc1cc(C)cc(-c2ncn(/C=C(\C(=O)OC(C)C)c3ccncc3)n2)c1. The summed E-state index contributed by atoms with van der Waals surface area (Å²) in [4.78, 5) is 20.9. The monoisotopic (exact) mass is 362 g/mol. The number of aryl methyl sites for hydroxylation is 2. The van der Waals surface area contributed by atoms with Gasteiger partial charge in [-0.2, -0.15) is 0 Å². The van der Waals surface area contributed by atoms with Gasteiger partial charge in [0.1, 0.15) is 6.33 Å². The summed E-state index contributed by atoms with van der Waals surface area (Å²) in [6.07, 6.45) is 6.25. The molecule has 138 valence electrons. The summed E-state index contributed by atoms with van der Waals surface area (Å²) in [5.74, 6) is 0.184. The summed E-state index contributed by atoms with van der Waals surface area (Å²) in [7, 11) is 0. The fourth-order valence-electron chi connectivity index (χ4n) is 2.76. The smallest absolute Gasteiger partial charge is 0.340 e. The third kappa shape index (κ3) is 4.67. The highest BCUT2D eigenvalue weighted by Crippen LogP contribution is 2.20. The highest BCUT2D eigenvalue weighted by Gasteiger charge is 2.16. The Kier molecular flexibility index (Phi) is 5.45. The van der Waals surface area contributed by atoms with Gasteiger partial charge in [0.2, 0.25) is 0 Å². The van der Waals surface area contributed by atoms with Gasteiger partial charge in [0.25, 0.3) is 0 Å². The van der Waals surface area contributed by atoms with E-state index >= 15 is 0 Å². The molecule has 2 heterocycles. The third-order valence-corrected chi connectivity index (χ3v) is 3.80. The van der Waals surface area contributed by atoms with E-state index in [1.165, 1.54) is 4.68 Å². The van der Waals surface area contributed by atoms with Crippen molar-refractivity contribution in [3.8, 4) is 11.4 Å². The van der Waals surface area contributed by atoms with E-state index in [1.807, 2.05) is 39.8 Å². The van der Waals surface area contributed by atoms with Gasteiger partial charge in [-0.3, -0.25) is 4.98 Å². The van der Waals surface area contributed by atoms with Crippen LogP contribution >= 0.6 is 0 Å². The van der Waals surface area contributed by atoms with Crippen LogP contribution in [0, 0.1) is 13.8 Å². The molecule has 1 aromatic carbocycles. The summed E-state index contributed by atoms with van der Waals surface area (Å²) in [6, 6.07) is 9.69. The molecule has 2 aromatic heterocycles. The maximum absolute atomic E-state index is 12.6. The molecule has 0 saturated heterocycles. The number of hydrogen-bond acceptors (Lipinski definition) is 5. The quantitative estimate of drug-likeness (QED) is 0.508. The largest absolute Gasteiger partial charge is 0.459 e. The summed E-state index contributed by atoms with van der Waals surface area (Å²) in [5.41, 5.74) is 4.33. The lowest BCUT2D eigenvalue weighted by Crippen LogP contribution is -2.13. The van der Waals surface area contributed by atoms with Crippen LogP contribution in [-0.2, 0) is 9.53 Å². The summed E-state index contributed by atoms with van der Waals surface area (Å²) >= 11 is 0. The molecule has 6 heteroatoms. The highest BCUT2D eigenvalue weighted by molar-refractivity contribution is 6.20. The van der Waals surface area contributed by atoms with Crippen molar-refractivity contribution in [2.45, 2.75) is 33.8 Å². The number of ether oxygens (including phenoxy) is 1. The van der Waals surface area contributed by atoms with Gasteiger partial charge in [-0.05, 0) is 57.5 Å². The Morgan fingerprint density at radius 1 is 1.11 bits per heavy atom. The molecular formula is C21H22N4O2. The molecule has 0 N–H and O–H groups in total. The van der Waals surface area contributed by atoms with E-state index in [2.05, 4.69) is 21.1 Å². The van der Waals surface area contributed by atoms with Gasteiger partial charge in [0.15, 0.2) is 5.82 Å². The second-order valence-corrected chi connectivity index (χ2v) is 6.66. The molecule has 27 heavy (non-hydrogen) atoms. The van der Waals surface area contributed by atoms with Crippen molar-refractivity contribution >= 4 is 17.7 Å². The van der Waals surface area contributed by atoms with Crippen LogP contribution < -0.4 is 0 Å². The molecule has 0 aliphatic heterocycles. The van der Waals surface area contributed by atoms with E-state index in [0.717, 1.165) is 16.7 Å². The van der Waals surface area contributed by atoms with Crippen LogP contribution in [0.25, 0.3) is 23.2 Å². The summed E-state index contributed by atoms with van der Waals surface area (Å²) in [5, 5.41) is 4.50. The lowest BCUT2D eigenvalue weighted by Gasteiger charge is -2.11. The molecule has 0 unspecified atom stereocenters. The molecule has 0 atom stereocenters. The predicted molar refractivity (Wildman–Crippen MR) is 105 cm³/mol. The Morgan fingerprint density at radius 2 is 1.78 bits per heavy atom. The van der Waals surface area contributed by atoms with Crippen LogP contribution in [0.2, 0.25) is 0 Å². The maximum Gasteiger partial charge on any atom is 0.340 e. The minimum absolute atomic E-state index is 0.218. The van der Waals surface area contributed by atoms with Crippen LogP contribution in [0.1, 0.15) is 30.5 Å². The average molecular weight is 362 g/mol. The number of carbonyl (C=O) groups is 1. The van der Waals surface area contributed by atoms with Crippen molar-refractivity contribution < 1.29 is 9.53 Å². The molecule has 0 radical (unpaired) electrons. The zero-order chi connectivity index (χ0) is 19.4. The minimum atomic E-state index is -0.417. The lowest BCUT2D eigenvalue weighted by molar-refractivity contribution is -0.140. The van der Waals surface area contributed by atoms with Crippen molar-refractivity contribution in [2.75, 3.05) is 0 Å². The third-order valence-electron chi connectivity index (χ3n) is 3.80. The van der Waals surface area contributed by atoms with Crippen molar-refractivity contribution in [2.24, 2.45) is 0 Å². The molecule has 0 spiro atoms. The van der Waals surface area contributed by atoms with E-state index in [1.54, 1.807) is 37.1 Å². The summed E-state index contributed by atoms with van der Waals surface area (Å²) in [6.45, 7) is 7.71. The van der Waals surface area contributed by atoms with Crippen molar-refractivity contribution in [1.82, 2.24) is 19.7 Å². The van der Waals surface area contributed by atoms with Crippen LogP contribution in [0.4, 0.5) is 0 Å².